The highest BCUT2D eigenvalue weighted by Gasteiger charge is 2.67. The van der Waals surface area contributed by atoms with Gasteiger partial charge in [-0.2, -0.15) is 9.98 Å². The molecule has 0 aliphatic carbocycles. The number of amidine groups is 1. The maximum absolute atomic E-state index is 11.2. The number of nitrogens with zero attached hydrogens (tertiary/aromatic N) is 3. The van der Waals surface area contributed by atoms with Crippen LogP contribution in [0.1, 0.15) is 22.8 Å². The number of aromatic nitrogens is 1. The Morgan fingerprint density at radius 3 is 2.59 bits per heavy atom. The molecule has 2 N–H and O–H groups in total. The molecule has 3 aliphatic rings. The second-order valence-corrected chi connectivity index (χ2v) is 7.91. The molecule has 0 bridgehead atoms. The van der Waals surface area contributed by atoms with Crippen LogP contribution in [0.3, 0.4) is 0 Å². The summed E-state index contributed by atoms with van der Waals surface area (Å²) in [5.74, 6) is 1.53. The summed E-state index contributed by atoms with van der Waals surface area (Å²) in [6.07, 6.45) is 8.25. The number of benzene rings is 1. The molecule has 32 heavy (non-hydrogen) atoms. The summed E-state index contributed by atoms with van der Waals surface area (Å²) in [5.41, 5.74) is 3.03. The summed E-state index contributed by atoms with van der Waals surface area (Å²) in [6, 6.07) is 11.2. The van der Waals surface area contributed by atoms with Crippen LogP contribution in [0.4, 0.5) is 5.82 Å². The molecular formula is C24H23N4O4+. The van der Waals surface area contributed by atoms with Gasteiger partial charge in [0, 0.05) is 0 Å². The number of hydrogen-bond acceptors (Lipinski definition) is 6. The van der Waals surface area contributed by atoms with Crippen LogP contribution in [-0.2, 0) is 0 Å². The number of pyridine rings is 1. The number of carbonyl (C=O) groups is 1. The lowest BCUT2D eigenvalue weighted by Gasteiger charge is -2.17. The van der Waals surface area contributed by atoms with Crippen LogP contribution in [0, 0.1) is 0 Å². The minimum absolute atomic E-state index is 0.260. The second-order valence-electron chi connectivity index (χ2n) is 7.91. The number of rotatable bonds is 6. The first kappa shape index (κ1) is 20.0. The van der Waals surface area contributed by atoms with Gasteiger partial charge >= 0.3 is 5.97 Å². The Kier molecular flexibility index (Phi) is 4.60. The molecule has 8 nitrogen and oxygen atoms in total. The van der Waals surface area contributed by atoms with Gasteiger partial charge in [-0.3, -0.25) is 0 Å². The van der Waals surface area contributed by atoms with Crippen LogP contribution in [0.5, 0.6) is 11.6 Å². The van der Waals surface area contributed by atoms with E-state index in [1.807, 2.05) is 30.5 Å². The van der Waals surface area contributed by atoms with Crippen LogP contribution in [-0.4, -0.2) is 52.7 Å². The average Bonchev–Trinajstić information content (AvgIpc) is 3.16. The van der Waals surface area contributed by atoms with E-state index in [4.69, 9.17) is 9.47 Å². The monoisotopic (exact) mass is 431 g/mol. The van der Waals surface area contributed by atoms with Crippen molar-refractivity contribution in [3.63, 3.8) is 0 Å². The van der Waals surface area contributed by atoms with Crippen molar-refractivity contribution in [2.45, 2.75) is 19.0 Å². The van der Waals surface area contributed by atoms with E-state index in [9.17, 15) is 9.90 Å². The fraction of sp³-hybridized carbons (Fsp3) is 0.208. The van der Waals surface area contributed by atoms with Crippen molar-refractivity contribution in [1.82, 2.24) is 4.98 Å². The van der Waals surface area contributed by atoms with Gasteiger partial charge in [-0.05, 0) is 54.5 Å². The van der Waals surface area contributed by atoms with E-state index in [1.54, 1.807) is 32.4 Å². The van der Waals surface area contributed by atoms with Gasteiger partial charge in [0.15, 0.2) is 17.8 Å². The molecule has 3 atom stereocenters. The Labute approximate surface area is 185 Å². The molecule has 4 heterocycles. The molecule has 5 rings (SSSR count). The lowest BCUT2D eigenvalue weighted by atomic mass is 10.0. The summed E-state index contributed by atoms with van der Waals surface area (Å²) in [4.78, 5) is 20.4. The number of anilines is 1. The third kappa shape index (κ3) is 2.99. The zero-order valence-corrected chi connectivity index (χ0v) is 17.9. The fourth-order valence-corrected chi connectivity index (χ4v) is 4.51. The van der Waals surface area contributed by atoms with Gasteiger partial charge in [-0.15, -0.1) is 0 Å². The molecule has 8 heteroatoms. The Bertz CT molecular complexity index is 1230. The first-order valence-electron chi connectivity index (χ1n) is 10.3. The molecule has 2 aromatic rings. The van der Waals surface area contributed by atoms with Crippen molar-refractivity contribution in [3.05, 3.63) is 77.8 Å². The Hall–Kier alpha value is -3.91. The molecule has 1 spiro atoms. The van der Waals surface area contributed by atoms with E-state index in [0.717, 1.165) is 22.7 Å². The summed E-state index contributed by atoms with van der Waals surface area (Å²) < 4.78 is 11.3. The van der Waals surface area contributed by atoms with E-state index in [0.29, 0.717) is 28.0 Å². The van der Waals surface area contributed by atoms with Crippen molar-refractivity contribution in [3.8, 4) is 11.6 Å². The Morgan fingerprint density at radius 1 is 1.12 bits per heavy atom. The number of ether oxygens (including phenoxy) is 2. The summed E-state index contributed by atoms with van der Waals surface area (Å²) >= 11 is 0. The normalized spacial score (nSPS) is 24.9. The number of hydrogen-bond donors (Lipinski definition) is 2. The highest BCUT2D eigenvalue weighted by atomic mass is 16.5. The van der Waals surface area contributed by atoms with Crippen molar-refractivity contribution in [2.24, 2.45) is 4.99 Å². The van der Waals surface area contributed by atoms with Crippen molar-refractivity contribution in [2.75, 3.05) is 19.5 Å². The number of carboxylic acid groups (broad SMARTS) is 1. The minimum atomic E-state index is -0.940. The zero-order chi connectivity index (χ0) is 22.5. The van der Waals surface area contributed by atoms with Crippen molar-refractivity contribution < 1.29 is 23.9 Å². The first-order valence-corrected chi connectivity index (χ1v) is 10.3. The van der Waals surface area contributed by atoms with Gasteiger partial charge in [0.1, 0.15) is 17.7 Å². The number of nitrogens with one attached hydrogen (secondary N) is 1. The number of aliphatic imine (C=N–C) groups is 1. The van der Waals surface area contributed by atoms with Crippen LogP contribution in [0.2, 0.25) is 0 Å². The summed E-state index contributed by atoms with van der Waals surface area (Å²) in [5, 5.41) is 12.6. The van der Waals surface area contributed by atoms with Crippen LogP contribution in [0.25, 0.3) is 5.57 Å². The molecule has 1 saturated heterocycles. The molecule has 1 fully saturated rings. The van der Waals surface area contributed by atoms with Crippen molar-refractivity contribution in [1.29, 1.82) is 0 Å². The molecule has 3 unspecified atom stereocenters. The number of methoxy groups -OCH3 is 2. The number of quaternary nitrogens is 1. The molecule has 0 saturated carbocycles. The van der Waals surface area contributed by atoms with Crippen LogP contribution < -0.4 is 14.8 Å². The van der Waals surface area contributed by atoms with E-state index in [2.05, 4.69) is 34.5 Å². The van der Waals surface area contributed by atoms with Gasteiger partial charge in [0.25, 0.3) is 11.7 Å². The lowest BCUT2D eigenvalue weighted by Crippen LogP contribution is -2.32. The quantitative estimate of drug-likeness (QED) is 0.536. The summed E-state index contributed by atoms with van der Waals surface area (Å²) in [7, 11) is 3.12. The molecular weight excluding hydrogens is 408 g/mol. The van der Waals surface area contributed by atoms with Gasteiger partial charge in [0.2, 0.25) is 0 Å². The van der Waals surface area contributed by atoms with Gasteiger partial charge < -0.3 is 19.9 Å². The molecule has 1 aromatic carbocycles. The largest absolute Gasteiger partial charge is 0.491 e. The SMILES string of the molecule is COc1ccc(NC2=CC(c3ccc(C(=O)O)cc3)=CC3C(C)[N+]34C=CN=C24)nc1OC. The van der Waals surface area contributed by atoms with E-state index in [1.165, 1.54) is 0 Å². The maximum atomic E-state index is 11.2. The van der Waals surface area contributed by atoms with Crippen LogP contribution >= 0.6 is 0 Å². The van der Waals surface area contributed by atoms with Gasteiger partial charge in [-0.25, -0.2) is 9.28 Å². The molecule has 162 valence electrons. The van der Waals surface area contributed by atoms with E-state index >= 15 is 0 Å². The zero-order valence-electron chi connectivity index (χ0n) is 17.9. The summed E-state index contributed by atoms with van der Waals surface area (Å²) in [6.45, 7) is 2.20. The highest BCUT2D eigenvalue weighted by molar-refractivity contribution is 6.02. The first-order chi connectivity index (χ1) is 15.5. The topological polar surface area (TPSA) is 93.0 Å². The van der Waals surface area contributed by atoms with Crippen molar-refractivity contribution >= 4 is 23.2 Å². The van der Waals surface area contributed by atoms with Gasteiger partial charge in [-0.1, -0.05) is 12.1 Å². The highest BCUT2D eigenvalue weighted by Crippen LogP contribution is 2.49. The lowest BCUT2D eigenvalue weighted by molar-refractivity contribution is -0.660. The molecule has 0 amide bonds. The minimum Gasteiger partial charge on any atom is -0.491 e. The number of carboxylic acids is 1. The number of aromatic carboxylic acids is 1. The van der Waals surface area contributed by atoms with Gasteiger partial charge in [0.05, 0.1) is 26.0 Å². The Balaban J connectivity index is 1.55. The third-order valence-corrected chi connectivity index (χ3v) is 6.31. The fourth-order valence-electron chi connectivity index (χ4n) is 4.51. The van der Waals surface area contributed by atoms with Crippen LogP contribution in [0.15, 0.2) is 71.6 Å². The predicted molar refractivity (Wildman–Crippen MR) is 121 cm³/mol. The van der Waals surface area contributed by atoms with E-state index < -0.39 is 5.97 Å². The number of allylic oxidation sites excluding steroid dienone is 2. The maximum Gasteiger partial charge on any atom is 0.335 e. The predicted octanol–water partition coefficient (Wildman–Crippen LogP) is 3.66. The molecule has 3 aliphatic heterocycles. The second kappa shape index (κ2) is 7.35. The van der Waals surface area contributed by atoms with E-state index in [-0.39, 0.29) is 11.6 Å². The smallest absolute Gasteiger partial charge is 0.335 e. The standard InChI is InChI=1S/C24H22N4O4/c1-14-19-13-17(15-4-6-16(7-5-15)24(29)30)12-18(22-25-10-11-28(14,19)22)26-21-9-8-20(31-2)23(27-21)32-3/h4-14,19H,1-3H3,(H-,26,27,29,30)/p+1. The molecule has 0 radical (unpaired) electrons. The third-order valence-electron chi connectivity index (χ3n) is 6.31. The average molecular weight is 431 g/mol. The molecule has 1 aromatic heterocycles. The Morgan fingerprint density at radius 2 is 1.91 bits per heavy atom.